The summed E-state index contributed by atoms with van der Waals surface area (Å²) < 4.78 is 1.91. The first-order valence-electron chi connectivity index (χ1n) is 8.24. The van der Waals surface area contributed by atoms with E-state index < -0.39 is 0 Å². The normalized spacial score (nSPS) is 17.1. The molecule has 1 amide bonds. The third kappa shape index (κ3) is 2.19. The van der Waals surface area contributed by atoms with Gasteiger partial charge in [0.15, 0.2) is 0 Å². The molecule has 24 heavy (non-hydrogen) atoms. The lowest BCUT2D eigenvalue weighted by molar-refractivity contribution is 0.0673. The van der Waals surface area contributed by atoms with Crippen LogP contribution < -0.4 is 0 Å². The summed E-state index contributed by atoms with van der Waals surface area (Å²) in [4.78, 5) is 19.3. The number of amides is 1. The fourth-order valence-corrected chi connectivity index (χ4v) is 3.55. The van der Waals surface area contributed by atoms with Gasteiger partial charge in [-0.1, -0.05) is 6.07 Å². The molecule has 1 aliphatic rings. The zero-order chi connectivity index (χ0) is 16.8. The van der Waals surface area contributed by atoms with Gasteiger partial charge >= 0.3 is 0 Å². The summed E-state index contributed by atoms with van der Waals surface area (Å²) in [5.74, 6) is 0.0576. The number of hydrogen-bond acceptors (Lipinski definition) is 3. The van der Waals surface area contributed by atoms with Crippen molar-refractivity contribution >= 4 is 16.8 Å². The smallest absolute Gasteiger partial charge is 0.254 e. The lowest BCUT2D eigenvalue weighted by atomic mass is 9.98. The van der Waals surface area contributed by atoms with Crippen LogP contribution in [0.3, 0.4) is 0 Å². The highest BCUT2D eigenvalue weighted by Crippen LogP contribution is 2.31. The van der Waals surface area contributed by atoms with E-state index in [2.05, 4.69) is 23.9 Å². The van der Waals surface area contributed by atoms with Gasteiger partial charge in [-0.25, -0.2) is 0 Å². The molecule has 3 heterocycles. The molecule has 0 saturated heterocycles. The lowest BCUT2D eigenvalue weighted by Crippen LogP contribution is -2.38. The van der Waals surface area contributed by atoms with Crippen LogP contribution in [0, 0.1) is 6.92 Å². The molecule has 1 unspecified atom stereocenters. The second-order valence-electron chi connectivity index (χ2n) is 6.41. The molecule has 0 saturated carbocycles. The predicted octanol–water partition coefficient (Wildman–Crippen LogP) is 3.04. The molecule has 4 rings (SSSR count). The van der Waals surface area contributed by atoms with Gasteiger partial charge in [0, 0.05) is 42.0 Å². The Morgan fingerprint density at radius 2 is 2.12 bits per heavy atom. The van der Waals surface area contributed by atoms with Gasteiger partial charge in [0.25, 0.3) is 5.91 Å². The first-order chi connectivity index (χ1) is 11.6. The number of aromatic nitrogens is 3. The summed E-state index contributed by atoms with van der Waals surface area (Å²) in [6, 6.07) is 9.57. The van der Waals surface area contributed by atoms with Gasteiger partial charge in [-0.2, -0.15) is 5.10 Å². The maximum absolute atomic E-state index is 13.0. The summed E-state index contributed by atoms with van der Waals surface area (Å²) >= 11 is 0. The number of rotatable bonds is 1. The van der Waals surface area contributed by atoms with Crippen molar-refractivity contribution in [2.75, 3.05) is 6.54 Å². The predicted molar refractivity (Wildman–Crippen MR) is 92.8 cm³/mol. The number of aryl methyl sites for hydroxylation is 1. The van der Waals surface area contributed by atoms with Crippen molar-refractivity contribution in [3.05, 3.63) is 59.0 Å². The second kappa shape index (κ2) is 5.44. The zero-order valence-corrected chi connectivity index (χ0v) is 14.2. The van der Waals surface area contributed by atoms with E-state index in [0.717, 1.165) is 29.6 Å². The average Bonchev–Trinajstić information content (AvgIpc) is 2.90. The Kier molecular flexibility index (Phi) is 3.37. The third-order valence-electron chi connectivity index (χ3n) is 5.07. The van der Waals surface area contributed by atoms with Gasteiger partial charge in [0.2, 0.25) is 0 Å². The van der Waals surface area contributed by atoms with Crippen LogP contribution in [0.15, 0.2) is 36.5 Å². The maximum Gasteiger partial charge on any atom is 0.254 e. The minimum Gasteiger partial charge on any atom is -0.330 e. The maximum atomic E-state index is 13.0. The number of nitrogens with zero attached hydrogens (tertiary/aromatic N) is 4. The summed E-state index contributed by atoms with van der Waals surface area (Å²) in [6.45, 7) is 4.88. The summed E-state index contributed by atoms with van der Waals surface area (Å²) in [5.41, 5.74) is 5.12. The van der Waals surface area contributed by atoms with E-state index in [1.165, 1.54) is 11.3 Å². The van der Waals surface area contributed by atoms with Crippen molar-refractivity contribution in [1.82, 2.24) is 19.7 Å². The third-order valence-corrected chi connectivity index (χ3v) is 5.07. The number of hydrogen-bond donors (Lipinski definition) is 0. The number of benzene rings is 1. The van der Waals surface area contributed by atoms with Crippen molar-refractivity contribution < 1.29 is 4.79 Å². The van der Waals surface area contributed by atoms with E-state index in [9.17, 15) is 4.79 Å². The molecule has 1 aromatic carbocycles. The van der Waals surface area contributed by atoms with Crippen LogP contribution in [-0.4, -0.2) is 32.1 Å². The molecule has 5 nitrogen and oxygen atoms in total. The van der Waals surface area contributed by atoms with Crippen LogP contribution in [-0.2, 0) is 13.5 Å². The lowest BCUT2D eigenvalue weighted by Gasteiger charge is -2.33. The number of pyridine rings is 1. The standard InChI is InChI=1S/C19H20N4O/c1-12-16-8-10-23(13(2)18(16)21-22(12)3)19(24)15-6-7-17-14(11-15)5-4-9-20-17/h4-7,9,11,13H,8,10H2,1-3H3. The first kappa shape index (κ1) is 14.9. The van der Waals surface area contributed by atoms with Gasteiger partial charge in [0.05, 0.1) is 17.3 Å². The quantitative estimate of drug-likeness (QED) is 0.692. The average molecular weight is 320 g/mol. The molecule has 3 aromatic rings. The van der Waals surface area contributed by atoms with Gasteiger partial charge in [-0.05, 0) is 44.5 Å². The summed E-state index contributed by atoms with van der Waals surface area (Å²) in [5, 5.41) is 5.61. The van der Waals surface area contributed by atoms with Gasteiger partial charge in [0.1, 0.15) is 0 Å². The minimum atomic E-state index is -0.00857. The molecule has 2 aromatic heterocycles. The summed E-state index contributed by atoms with van der Waals surface area (Å²) in [7, 11) is 1.96. The Labute approximate surface area is 140 Å². The van der Waals surface area contributed by atoms with Crippen molar-refractivity contribution in [3.8, 4) is 0 Å². The van der Waals surface area contributed by atoms with E-state index in [0.29, 0.717) is 5.56 Å². The Morgan fingerprint density at radius 1 is 1.29 bits per heavy atom. The zero-order valence-electron chi connectivity index (χ0n) is 14.2. The van der Waals surface area contributed by atoms with E-state index >= 15 is 0 Å². The second-order valence-corrected chi connectivity index (χ2v) is 6.41. The van der Waals surface area contributed by atoms with E-state index in [1.807, 2.05) is 47.0 Å². The largest absolute Gasteiger partial charge is 0.330 e. The van der Waals surface area contributed by atoms with Crippen molar-refractivity contribution in [1.29, 1.82) is 0 Å². The highest BCUT2D eigenvalue weighted by molar-refractivity contribution is 5.98. The molecular formula is C19H20N4O. The molecule has 0 bridgehead atoms. The van der Waals surface area contributed by atoms with E-state index in [-0.39, 0.29) is 11.9 Å². The Hall–Kier alpha value is -2.69. The molecule has 1 atom stereocenters. The van der Waals surface area contributed by atoms with E-state index in [1.54, 1.807) is 6.20 Å². The van der Waals surface area contributed by atoms with Gasteiger partial charge in [-0.3, -0.25) is 14.5 Å². The fraction of sp³-hybridized carbons (Fsp3) is 0.316. The highest BCUT2D eigenvalue weighted by atomic mass is 16.2. The van der Waals surface area contributed by atoms with Crippen LogP contribution >= 0.6 is 0 Å². The van der Waals surface area contributed by atoms with Crippen LogP contribution in [0.4, 0.5) is 0 Å². The van der Waals surface area contributed by atoms with Crippen molar-refractivity contribution in [3.63, 3.8) is 0 Å². The van der Waals surface area contributed by atoms with E-state index in [4.69, 9.17) is 0 Å². The van der Waals surface area contributed by atoms with Crippen LogP contribution in [0.5, 0.6) is 0 Å². The Morgan fingerprint density at radius 3 is 2.96 bits per heavy atom. The Balaban J connectivity index is 1.69. The van der Waals surface area contributed by atoms with Crippen molar-refractivity contribution in [2.24, 2.45) is 7.05 Å². The van der Waals surface area contributed by atoms with Crippen LogP contribution in [0.25, 0.3) is 10.9 Å². The molecule has 122 valence electrons. The number of carbonyl (C=O) groups is 1. The Bertz CT molecular complexity index is 944. The first-order valence-corrected chi connectivity index (χ1v) is 8.24. The monoisotopic (exact) mass is 320 g/mol. The minimum absolute atomic E-state index is 0.00857. The van der Waals surface area contributed by atoms with Crippen molar-refractivity contribution in [2.45, 2.75) is 26.3 Å². The van der Waals surface area contributed by atoms with Gasteiger partial charge < -0.3 is 4.90 Å². The SMILES string of the molecule is Cc1c2c(nn1C)C(C)N(C(=O)c1ccc3ncccc3c1)CC2. The van der Waals surface area contributed by atoms with Gasteiger partial charge in [-0.15, -0.1) is 0 Å². The molecule has 0 aliphatic carbocycles. The number of carbonyl (C=O) groups excluding carboxylic acids is 1. The molecule has 0 N–H and O–H groups in total. The fourth-order valence-electron chi connectivity index (χ4n) is 3.55. The molecule has 5 heteroatoms. The number of fused-ring (bicyclic) bond motifs is 2. The molecule has 0 radical (unpaired) electrons. The van der Waals surface area contributed by atoms with Crippen LogP contribution in [0.1, 0.15) is 40.3 Å². The molecule has 0 fully saturated rings. The van der Waals surface area contributed by atoms with Crippen LogP contribution in [0.2, 0.25) is 0 Å². The highest BCUT2D eigenvalue weighted by Gasteiger charge is 2.32. The molecule has 0 spiro atoms. The topological polar surface area (TPSA) is 51.0 Å². The summed E-state index contributed by atoms with van der Waals surface area (Å²) in [6.07, 6.45) is 2.63. The molecule has 1 aliphatic heterocycles. The molecular weight excluding hydrogens is 300 g/mol.